The van der Waals surface area contributed by atoms with Crippen LogP contribution in [0.25, 0.3) is 0 Å². The van der Waals surface area contributed by atoms with Crippen LogP contribution in [0, 0.1) is 11.7 Å². The molecule has 1 atom stereocenters. The zero-order valence-electron chi connectivity index (χ0n) is 13.7. The van der Waals surface area contributed by atoms with E-state index in [1.165, 1.54) is 12.1 Å². The topological polar surface area (TPSA) is 52.6 Å². The highest BCUT2D eigenvalue weighted by molar-refractivity contribution is 5.89. The van der Waals surface area contributed by atoms with Crippen LogP contribution in [-0.4, -0.2) is 55.3 Å². The Bertz CT molecular complexity index is 545. The fourth-order valence-corrected chi connectivity index (χ4v) is 2.68. The zero-order valence-corrected chi connectivity index (χ0v) is 13.7. The van der Waals surface area contributed by atoms with Crippen LogP contribution >= 0.6 is 0 Å². The maximum Gasteiger partial charge on any atom is 0.225 e. The van der Waals surface area contributed by atoms with Gasteiger partial charge in [-0.15, -0.1) is 0 Å². The van der Waals surface area contributed by atoms with E-state index in [1.54, 1.807) is 17.0 Å². The maximum atomic E-state index is 12.8. The van der Waals surface area contributed by atoms with Crippen molar-refractivity contribution in [3.05, 3.63) is 35.6 Å². The van der Waals surface area contributed by atoms with Crippen molar-refractivity contribution in [3.63, 3.8) is 0 Å². The van der Waals surface area contributed by atoms with Crippen LogP contribution in [0.15, 0.2) is 24.3 Å². The lowest BCUT2D eigenvalue weighted by Gasteiger charge is -2.18. The van der Waals surface area contributed by atoms with Gasteiger partial charge in [0.2, 0.25) is 11.8 Å². The highest BCUT2D eigenvalue weighted by Crippen LogP contribution is 2.18. The number of halogens is 1. The third-order valence-corrected chi connectivity index (χ3v) is 4.00. The van der Waals surface area contributed by atoms with Crippen LogP contribution < -0.4 is 5.32 Å². The van der Waals surface area contributed by atoms with Crippen LogP contribution in [0.2, 0.25) is 0 Å². The van der Waals surface area contributed by atoms with E-state index < -0.39 is 0 Å². The maximum absolute atomic E-state index is 12.8. The molecule has 1 aliphatic heterocycles. The Hall–Kier alpha value is -1.95. The third kappa shape index (κ3) is 5.32. The molecule has 1 unspecified atom stereocenters. The molecule has 23 heavy (non-hydrogen) atoms. The summed E-state index contributed by atoms with van der Waals surface area (Å²) < 4.78 is 12.8. The Morgan fingerprint density at radius 2 is 2.04 bits per heavy atom. The molecule has 0 radical (unpaired) electrons. The molecule has 126 valence electrons. The number of rotatable bonds is 7. The van der Waals surface area contributed by atoms with E-state index >= 15 is 0 Å². The molecule has 2 amide bonds. The molecule has 0 aliphatic carbocycles. The van der Waals surface area contributed by atoms with E-state index in [1.807, 2.05) is 14.1 Å². The van der Waals surface area contributed by atoms with E-state index in [9.17, 15) is 14.0 Å². The highest BCUT2D eigenvalue weighted by atomic mass is 19.1. The summed E-state index contributed by atoms with van der Waals surface area (Å²) in [6, 6.07) is 6.02. The first-order chi connectivity index (χ1) is 11.0. The third-order valence-electron chi connectivity index (χ3n) is 4.00. The monoisotopic (exact) mass is 321 g/mol. The summed E-state index contributed by atoms with van der Waals surface area (Å²) in [6.45, 7) is 2.45. The fourth-order valence-electron chi connectivity index (χ4n) is 2.68. The molecule has 1 heterocycles. The molecule has 1 aliphatic rings. The number of likely N-dealkylation sites (tertiary alicyclic amines) is 1. The Morgan fingerprint density at radius 3 is 2.70 bits per heavy atom. The first kappa shape index (κ1) is 17.4. The molecule has 0 saturated carbocycles. The average molecular weight is 321 g/mol. The number of carbonyl (C=O) groups is 2. The Morgan fingerprint density at radius 1 is 1.35 bits per heavy atom. The number of hydrogen-bond donors (Lipinski definition) is 1. The lowest BCUT2D eigenvalue weighted by Crippen LogP contribution is -2.33. The summed E-state index contributed by atoms with van der Waals surface area (Å²) in [6.07, 6.45) is 1.18. The van der Waals surface area contributed by atoms with Crippen molar-refractivity contribution in [1.29, 1.82) is 0 Å². The molecule has 1 aromatic rings. The van der Waals surface area contributed by atoms with Crippen LogP contribution in [0.1, 0.15) is 18.4 Å². The van der Waals surface area contributed by atoms with Gasteiger partial charge < -0.3 is 15.1 Å². The van der Waals surface area contributed by atoms with Crippen molar-refractivity contribution in [2.75, 3.05) is 33.7 Å². The Labute approximate surface area is 136 Å². The van der Waals surface area contributed by atoms with Crippen molar-refractivity contribution < 1.29 is 14.0 Å². The number of nitrogens with zero attached hydrogens (tertiary/aromatic N) is 2. The fraction of sp³-hybridized carbons (Fsp3) is 0.529. The molecular weight excluding hydrogens is 297 g/mol. The van der Waals surface area contributed by atoms with Gasteiger partial charge in [-0.1, -0.05) is 12.1 Å². The SMILES string of the molecule is CN(C)CCCN1CC(C(=O)NCc2ccc(F)cc2)CC1=O. The second kappa shape index (κ2) is 8.06. The van der Waals surface area contributed by atoms with Gasteiger partial charge in [0.15, 0.2) is 0 Å². The van der Waals surface area contributed by atoms with Crippen LogP contribution in [0.4, 0.5) is 4.39 Å². The molecule has 2 rings (SSSR count). The predicted molar refractivity (Wildman–Crippen MR) is 86.1 cm³/mol. The average Bonchev–Trinajstić information content (AvgIpc) is 2.87. The van der Waals surface area contributed by atoms with Crippen molar-refractivity contribution >= 4 is 11.8 Å². The van der Waals surface area contributed by atoms with Crippen molar-refractivity contribution in [1.82, 2.24) is 15.1 Å². The van der Waals surface area contributed by atoms with Crippen LogP contribution in [0.5, 0.6) is 0 Å². The van der Waals surface area contributed by atoms with Gasteiger partial charge in [0, 0.05) is 26.1 Å². The van der Waals surface area contributed by atoms with Gasteiger partial charge in [-0.25, -0.2) is 4.39 Å². The summed E-state index contributed by atoms with van der Waals surface area (Å²) >= 11 is 0. The second-order valence-corrected chi connectivity index (χ2v) is 6.24. The van der Waals surface area contributed by atoms with Crippen molar-refractivity contribution in [3.8, 4) is 0 Å². The Kier molecular flexibility index (Phi) is 6.10. The zero-order chi connectivity index (χ0) is 16.8. The van der Waals surface area contributed by atoms with Crippen LogP contribution in [-0.2, 0) is 16.1 Å². The number of nitrogens with one attached hydrogen (secondary N) is 1. The Balaban J connectivity index is 1.77. The van der Waals surface area contributed by atoms with E-state index in [0.717, 1.165) is 18.5 Å². The number of benzene rings is 1. The second-order valence-electron chi connectivity index (χ2n) is 6.24. The summed E-state index contributed by atoms with van der Waals surface area (Å²) in [7, 11) is 4.00. The lowest BCUT2D eigenvalue weighted by molar-refractivity contribution is -0.129. The minimum atomic E-state index is -0.296. The van der Waals surface area contributed by atoms with Crippen LogP contribution in [0.3, 0.4) is 0 Å². The van der Waals surface area contributed by atoms with E-state index in [-0.39, 0.29) is 30.0 Å². The molecule has 0 bridgehead atoms. The first-order valence-electron chi connectivity index (χ1n) is 7.90. The van der Waals surface area contributed by atoms with Gasteiger partial charge in [0.05, 0.1) is 5.92 Å². The predicted octanol–water partition coefficient (Wildman–Crippen LogP) is 1.24. The van der Waals surface area contributed by atoms with Gasteiger partial charge in [0.1, 0.15) is 5.82 Å². The van der Waals surface area contributed by atoms with Gasteiger partial charge in [0.25, 0.3) is 0 Å². The van der Waals surface area contributed by atoms with Gasteiger partial charge in [-0.05, 0) is 44.8 Å². The highest BCUT2D eigenvalue weighted by Gasteiger charge is 2.33. The molecular formula is C17H24FN3O2. The largest absolute Gasteiger partial charge is 0.352 e. The number of carbonyl (C=O) groups excluding carboxylic acids is 2. The first-order valence-corrected chi connectivity index (χ1v) is 7.90. The summed E-state index contributed by atoms with van der Waals surface area (Å²) in [5.74, 6) is -0.652. The van der Waals surface area contributed by atoms with E-state index in [2.05, 4.69) is 10.2 Å². The molecule has 1 saturated heterocycles. The molecule has 0 aromatic heterocycles. The molecule has 1 aromatic carbocycles. The normalized spacial score (nSPS) is 17.8. The van der Waals surface area contributed by atoms with Gasteiger partial charge >= 0.3 is 0 Å². The molecule has 5 nitrogen and oxygen atoms in total. The minimum absolute atomic E-state index is 0.0469. The van der Waals surface area contributed by atoms with Crippen molar-refractivity contribution in [2.24, 2.45) is 5.92 Å². The van der Waals surface area contributed by atoms with E-state index in [4.69, 9.17) is 0 Å². The standard InChI is InChI=1S/C17H24FN3O2/c1-20(2)8-3-9-21-12-14(10-16(21)22)17(23)19-11-13-4-6-15(18)7-5-13/h4-7,14H,3,8-12H2,1-2H3,(H,19,23). The smallest absolute Gasteiger partial charge is 0.225 e. The summed E-state index contributed by atoms with van der Waals surface area (Å²) in [4.78, 5) is 28.0. The summed E-state index contributed by atoms with van der Waals surface area (Å²) in [5, 5.41) is 2.83. The lowest BCUT2D eigenvalue weighted by atomic mass is 10.1. The van der Waals surface area contributed by atoms with Gasteiger partial charge in [-0.3, -0.25) is 9.59 Å². The number of hydrogen-bond acceptors (Lipinski definition) is 3. The van der Waals surface area contributed by atoms with Gasteiger partial charge in [-0.2, -0.15) is 0 Å². The number of amides is 2. The quantitative estimate of drug-likeness (QED) is 0.822. The minimum Gasteiger partial charge on any atom is -0.352 e. The summed E-state index contributed by atoms with van der Waals surface area (Å²) in [5.41, 5.74) is 0.840. The molecule has 1 fully saturated rings. The molecule has 6 heteroatoms. The van der Waals surface area contributed by atoms with E-state index in [0.29, 0.717) is 19.6 Å². The van der Waals surface area contributed by atoms with Crippen molar-refractivity contribution in [2.45, 2.75) is 19.4 Å². The molecule has 0 spiro atoms. The molecule has 1 N–H and O–H groups in total.